The van der Waals surface area contributed by atoms with Gasteiger partial charge >= 0.3 is 0 Å². The lowest BCUT2D eigenvalue weighted by atomic mass is 9.85. The van der Waals surface area contributed by atoms with Crippen molar-refractivity contribution in [3.8, 4) is 6.07 Å². The maximum atomic E-state index is 12.3. The zero-order valence-corrected chi connectivity index (χ0v) is 11.5. The molecule has 0 spiro atoms. The Morgan fingerprint density at radius 3 is 2.79 bits per heavy atom. The second kappa shape index (κ2) is 5.40. The predicted molar refractivity (Wildman–Crippen MR) is 72.5 cm³/mol. The number of aromatic nitrogens is 1. The van der Waals surface area contributed by atoms with Crippen molar-refractivity contribution in [1.82, 2.24) is 9.88 Å². The largest absolute Gasteiger partial charge is 0.337 e. The second-order valence-corrected chi connectivity index (χ2v) is 5.85. The third kappa shape index (κ3) is 3.31. The van der Waals surface area contributed by atoms with Crippen LogP contribution in [0.2, 0.25) is 0 Å². The quantitative estimate of drug-likeness (QED) is 0.777. The fourth-order valence-electron chi connectivity index (χ4n) is 2.37. The Labute approximate surface area is 114 Å². The Balaban J connectivity index is 2.08. The first-order chi connectivity index (χ1) is 9.02. The molecule has 1 fully saturated rings. The van der Waals surface area contributed by atoms with E-state index >= 15 is 0 Å². The molecule has 4 heteroatoms. The molecular formula is C15H19N3O. The molecule has 0 atom stereocenters. The van der Waals surface area contributed by atoms with E-state index in [0.29, 0.717) is 16.7 Å². The third-order valence-electron chi connectivity index (χ3n) is 3.74. The van der Waals surface area contributed by atoms with Crippen LogP contribution in [-0.2, 0) is 0 Å². The van der Waals surface area contributed by atoms with Crippen LogP contribution < -0.4 is 0 Å². The summed E-state index contributed by atoms with van der Waals surface area (Å²) < 4.78 is 0. The van der Waals surface area contributed by atoms with Gasteiger partial charge in [0.2, 0.25) is 0 Å². The van der Waals surface area contributed by atoms with E-state index in [2.05, 4.69) is 18.8 Å². The van der Waals surface area contributed by atoms with E-state index in [1.165, 1.54) is 6.20 Å². The lowest BCUT2D eigenvalue weighted by Gasteiger charge is -2.23. The van der Waals surface area contributed by atoms with Crippen molar-refractivity contribution in [2.75, 3.05) is 13.1 Å². The van der Waals surface area contributed by atoms with Crippen molar-refractivity contribution in [1.29, 1.82) is 5.26 Å². The van der Waals surface area contributed by atoms with E-state index < -0.39 is 0 Å². The number of hydrogen-bond donors (Lipinski definition) is 0. The predicted octanol–water partition coefficient (Wildman–Crippen LogP) is 2.61. The number of amides is 1. The number of nitriles is 1. The van der Waals surface area contributed by atoms with Gasteiger partial charge in [0.05, 0.1) is 5.56 Å². The zero-order chi connectivity index (χ0) is 13.9. The van der Waals surface area contributed by atoms with Gasteiger partial charge in [-0.15, -0.1) is 0 Å². The van der Waals surface area contributed by atoms with Crippen LogP contribution in [0.5, 0.6) is 0 Å². The summed E-state index contributed by atoms with van der Waals surface area (Å²) in [7, 11) is 0. The van der Waals surface area contributed by atoms with Gasteiger partial charge in [-0.25, -0.2) is 4.98 Å². The molecule has 1 amide bonds. The molecule has 0 N–H and O–H groups in total. The van der Waals surface area contributed by atoms with Crippen LogP contribution in [0.4, 0.5) is 0 Å². The molecule has 1 aliphatic heterocycles. The van der Waals surface area contributed by atoms with Gasteiger partial charge in [0.1, 0.15) is 11.8 Å². The molecule has 0 aliphatic carbocycles. The van der Waals surface area contributed by atoms with E-state index in [-0.39, 0.29) is 5.91 Å². The van der Waals surface area contributed by atoms with Crippen LogP contribution in [-0.4, -0.2) is 28.9 Å². The summed E-state index contributed by atoms with van der Waals surface area (Å²) in [4.78, 5) is 18.3. The standard InChI is InChI=1S/C15H19N3O/c1-15(2)6-3-8-18(9-7-15)14(19)13-5-4-12(10-16)11-17-13/h4-5,11H,3,6-9H2,1-2H3. The van der Waals surface area contributed by atoms with Gasteiger partial charge in [-0.2, -0.15) is 5.26 Å². The van der Waals surface area contributed by atoms with Crippen molar-refractivity contribution in [3.05, 3.63) is 29.6 Å². The topological polar surface area (TPSA) is 57.0 Å². The molecule has 1 saturated heterocycles. The maximum absolute atomic E-state index is 12.3. The monoisotopic (exact) mass is 257 g/mol. The Bertz CT molecular complexity index is 499. The van der Waals surface area contributed by atoms with E-state index in [1.54, 1.807) is 12.1 Å². The highest BCUT2D eigenvalue weighted by molar-refractivity contribution is 5.92. The highest BCUT2D eigenvalue weighted by Crippen LogP contribution is 2.30. The lowest BCUT2D eigenvalue weighted by molar-refractivity contribution is 0.0751. The van der Waals surface area contributed by atoms with Gasteiger partial charge in [0.25, 0.3) is 5.91 Å². The summed E-state index contributed by atoms with van der Waals surface area (Å²) >= 11 is 0. The zero-order valence-electron chi connectivity index (χ0n) is 11.5. The molecule has 0 bridgehead atoms. The van der Waals surface area contributed by atoms with Gasteiger partial charge in [0, 0.05) is 19.3 Å². The number of carbonyl (C=O) groups excluding carboxylic acids is 1. The summed E-state index contributed by atoms with van der Waals surface area (Å²) in [6.07, 6.45) is 4.66. The second-order valence-electron chi connectivity index (χ2n) is 5.85. The highest BCUT2D eigenvalue weighted by Gasteiger charge is 2.26. The van der Waals surface area contributed by atoms with Crippen molar-refractivity contribution in [3.63, 3.8) is 0 Å². The molecule has 4 nitrogen and oxygen atoms in total. The Hall–Kier alpha value is -1.89. The van der Waals surface area contributed by atoms with E-state index in [0.717, 1.165) is 32.4 Å². The molecule has 1 aromatic heterocycles. The molecule has 1 aliphatic rings. The first kappa shape index (κ1) is 13.5. The average Bonchev–Trinajstić information content (AvgIpc) is 2.59. The summed E-state index contributed by atoms with van der Waals surface area (Å²) in [5.41, 5.74) is 1.22. The summed E-state index contributed by atoms with van der Waals surface area (Å²) in [6, 6.07) is 5.28. The molecule has 100 valence electrons. The first-order valence-electron chi connectivity index (χ1n) is 6.67. The molecule has 0 saturated carbocycles. The smallest absolute Gasteiger partial charge is 0.272 e. The van der Waals surface area contributed by atoms with Crippen LogP contribution in [0.3, 0.4) is 0 Å². The normalized spacial score (nSPS) is 18.5. The number of rotatable bonds is 1. The van der Waals surface area contributed by atoms with Crippen molar-refractivity contribution in [2.45, 2.75) is 33.1 Å². The minimum absolute atomic E-state index is 0.0258. The average molecular weight is 257 g/mol. The minimum atomic E-state index is -0.0258. The molecule has 2 heterocycles. The van der Waals surface area contributed by atoms with Crippen LogP contribution >= 0.6 is 0 Å². The molecule has 19 heavy (non-hydrogen) atoms. The SMILES string of the molecule is CC1(C)CCCN(C(=O)c2ccc(C#N)cn2)CC1. The van der Waals surface area contributed by atoms with Crippen LogP contribution in [0.25, 0.3) is 0 Å². The first-order valence-corrected chi connectivity index (χ1v) is 6.67. The Morgan fingerprint density at radius 2 is 2.16 bits per heavy atom. The van der Waals surface area contributed by atoms with Crippen LogP contribution in [0, 0.1) is 16.7 Å². The summed E-state index contributed by atoms with van der Waals surface area (Å²) in [5, 5.41) is 8.73. The van der Waals surface area contributed by atoms with E-state index in [9.17, 15) is 4.79 Å². The van der Waals surface area contributed by atoms with Crippen LogP contribution in [0.1, 0.15) is 49.2 Å². The number of pyridine rings is 1. The van der Waals surface area contributed by atoms with Crippen molar-refractivity contribution < 1.29 is 4.79 Å². The van der Waals surface area contributed by atoms with Crippen molar-refractivity contribution >= 4 is 5.91 Å². The van der Waals surface area contributed by atoms with Gasteiger partial charge < -0.3 is 4.90 Å². The van der Waals surface area contributed by atoms with Gasteiger partial charge in [0.15, 0.2) is 0 Å². The fourth-order valence-corrected chi connectivity index (χ4v) is 2.37. The maximum Gasteiger partial charge on any atom is 0.272 e. The number of nitrogens with zero attached hydrogens (tertiary/aromatic N) is 3. The molecule has 0 unspecified atom stereocenters. The highest BCUT2D eigenvalue weighted by atomic mass is 16.2. The molecule has 0 aromatic carbocycles. The van der Waals surface area contributed by atoms with E-state index in [1.807, 2.05) is 11.0 Å². The molecule has 1 aromatic rings. The molecular weight excluding hydrogens is 238 g/mol. The van der Waals surface area contributed by atoms with Crippen molar-refractivity contribution in [2.24, 2.45) is 5.41 Å². The minimum Gasteiger partial charge on any atom is -0.337 e. The van der Waals surface area contributed by atoms with Crippen LogP contribution in [0.15, 0.2) is 18.3 Å². The lowest BCUT2D eigenvalue weighted by Crippen LogP contribution is -2.32. The van der Waals surface area contributed by atoms with Gasteiger partial charge in [-0.3, -0.25) is 4.79 Å². The number of carbonyl (C=O) groups is 1. The fraction of sp³-hybridized carbons (Fsp3) is 0.533. The molecule has 0 radical (unpaired) electrons. The van der Waals surface area contributed by atoms with E-state index in [4.69, 9.17) is 5.26 Å². The Morgan fingerprint density at radius 1 is 1.37 bits per heavy atom. The number of likely N-dealkylation sites (tertiary alicyclic amines) is 1. The summed E-state index contributed by atoms with van der Waals surface area (Å²) in [5.74, 6) is -0.0258. The Kier molecular flexibility index (Phi) is 3.84. The van der Waals surface area contributed by atoms with Gasteiger partial charge in [-0.1, -0.05) is 13.8 Å². The molecule has 2 rings (SSSR count). The van der Waals surface area contributed by atoms with Gasteiger partial charge in [-0.05, 0) is 36.8 Å². The number of hydrogen-bond acceptors (Lipinski definition) is 3. The summed E-state index contributed by atoms with van der Waals surface area (Å²) in [6.45, 7) is 6.08. The third-order valence-corrected chi connectivity index (χ3v) is 3.74.